The van der Waals surface area contributed by atoms with Crippen LogP contribution in [0.4, 0.5) is 0 Å². The molecule has 0 aliphatic rings. The van der Waals surface area contributed by atoms with E-state index in [9.17, 15) is 14.4 Å². The van der Waals surface area contributed by atoms with E-state index >= 15 is 0 Å². The molecule has 2 N–H and O–H groups in total. The van der Waals surface area contributed by atoms with Crippen molar-refractivity contribution in [1.82, 2.24) is 9.78 Å². The van der Waals surface area contributed by atoms with Crippen LogP contribution in [0, 0.1) is 0 Å². The summed E-state index contributed by atoms with van der Waals surface area (Å²) < 4.78 is 0.633. The largest absolute Gasteiger partial charge is 0.480 e. The number of fused-ring (bicyclic) bond motifs is 1. The molecule has 7 heteroatoms. The molecule has 92 valence electrons. The van der Waals surface area contributed by atoms with Gasteiger partial charge in [0, 0.05) is 5.39 Å². The molecule has 1 aromatic carbocycles. The summed E-state index contributed by atoms with van der Waals surface area (Å²) in [5.74, 6) is -2.58. The van der Waals surface area contributed by atoms with Crippen molar-refractivity contribution in [2.45, 2.75) is 6.54 Å². The Kier molecular flexibility index (Phi) is 2.80. The monoisotopic (exact) mass is 248 g/mol. The van der Waals surface area contributed by atoms with Gasteiger partial charge in [-0.2, -0.15) is 5.10 Å². The first-order chi connectivity index (χ1) is 8.50. The van der Waals surface area contributed by atoms with E-state index in [-0.39, 0.29) is 16.5 Å². The van der Waals surface area contributed by atoms with Crippen molar-refractivity contribution in [1.29, 1.82) is 0 Å². The molecule has 1 aromatic heterocycles. The van der Waals surface area contributed by atoms with Gasteiger partial charge in [0.25, 0.3) is 5.56 Å². The first-order valence-electron chi connectivity index (χ1n) is 4.95. The van der Waals surface area contributed by atoms with Gasteiger partial charge in [-0.3, -0.25) is 9.59 Å². The molecule has 0 bridgehead atoms. The van der Waals surface area contributed by atoms with E-state index in [2.05, 4.69) is 5.10 Å². The Balaban J connectivity index is 2.83. The zero-order valence-corrected chi connectivity index (χ0v) is 9.03. The first-order valence-corrected chi connectivity index (χ1v) is 4.95. The van der Waals surface area contributed by atoms with Crippen molar-refractivity contribution < 1.29 is 19.8 Å². The number of carboxylic acids is 2. The maximum atomic E-state index is 11.9. The summed E-state index contributed by atoms with van der Waals surface area (Å²) in [7, 11) is 0. The molecule has 1 heterocycles. The molecule has 0 unspecified atom stereocenters. The van der Waals surface area contributed by atoms with Crippen LogP contribution < -0.4 is 5.56 Å². The van der Waals surface area contributed by atoms with Crippen LogP contribution in [0.2, 0.25) is 0 Å². The summed E-state index contributed by atoms with van der Waals surface area (Å²) in [5, 5.41) is 21.5. The molecule has 0 saturated carbocycles. The van der Waals surface area contributed by atoms with Crippen molar-refractivity contribution in [3.8, 4) is 0 Å². The maximum Gasteiger partial charge on any atom is 0.357 e. The van der Waals surface area contributed by atoms with Crippen LogP contribution in [0.25, 0.3) is 10.8 Å². The second kappa shape index (κ2) is 4.28. The Bertz CT molecular complexity index is 704. The second-order valence-electron chi connectivity index (χ2n) is 3.56. The quantitative estimate of drug-likeness (QED) is 0.801. The average molecular weight is 248 g/mol. The minimum atomic E-state index is -1.31. The van der Waals surface area contributed by atoms with E-state index in [0.717, 1.165) is 0 Å². The lowest BCUT2D eigenvalue weighted by molar-refractivity contribution is -0.138. The van der Waals surface area contributed by atoms with Gasteiger partial charge in [-0.05, 0) is 6.07 Å². The van der Waals surface area contributed by atoms with Gasteiger partial charge in [-0.25, -0.2) is 9.48 Å². The summed E-state index contributed by atoms with van der Waals surface area (Å²) >= 11 is 0. The number of carboxylic acid groups (broad SMARTS) is 2. The molecule has 0 amide bonds. The van der Waals surface area contributed by atoms with E-state index in [1.807, 2.05) is 0 Å². The molecular formula is C11H8N2O5. The van der Waals surface area contributed by atoms with Crippen LogP contribution in [-0.4, -0.2) is 31.9 Å². The summed E-state index contributed by atoms with van der Waals surface area (Å²) in [6, 6.07) is 6.04. The van der Waals surface area contributed by atoms with Gasteiger partial charge in [0.2, 0.25) is 0 Å². The predicted molar refractivity (Wildman–Crippen MR) is 60.6 cm³/mol. The minimum Gasteiger partial charge on any atom is -0.480 e. The number of carbonyl (C=O) groups is 2. The number of hydrogen-bond acceptors (Lipinski definition) is 4. The smallest absolute Gasteiger partial charge is 0.357 e. The third kappa shape index (κ3) is 1.93. The summed E-state index contributed by atoms with van der Waals surface area (Å²) in [5.41, 5.74) is -0.968. The Hall–Kier alpha value is -2.70. The number of benzene rings is 1. The number of hydrogen-bond donors (Lipinski definition) is 2. The fourth-order valence-corrected chi connectivity index (χ4v) is 1.63. The lowest BCUT2D eigenvalue weighted by Crippen LogP contribution is -2.28. The molecule has 0 aliphatic heterocycles. The van der Waals surface area contributed by atoms with Crippen LogP contribution >= 0.6 is 0 Å². The van der Waals surface area contributed by atoms with E-state index in [4.69, 9.17) is 10.2 Å². The molecular weight excluding hydrogens is 240 g/mol. The minimum absolute atomic E-state index is 0.131. The topological polar surface area (TPSA) is 109 Å². The van der Waals surface area contributed by atoms with Gasteiger partial charge >= 0.3 is 11.9 Å². The standard InChI is InChI=1S/C11H8N2O5/c14-8(15)5-13-10(16)7-4-2-1-3-6(7)9(12-13)11(17)18/h1-4H,5H2,(H,14,15)(H,17,18). The van der Waals surface area contributed by atoms with Gasteiger partial charge < -0.3 is 10.2 Å². The normalized spacial score (nSPS) is 10.4. The van der Waals surface area contributed by atoms with E-state index in [1.165, 1.54) is 12.1 Å². The van der Waals surface area contributed by atoms with Gasteiger partial charge in [0.05, 0.1) is 5.39 Å². The molecule has 0 spiro atoms. The van der Waals surface area contributed by atoms with E-state index < -0.39 is 24.0 Å². The van der Waals surface area contributed by atoms with Gasteiger partial charge in [-0.1, -0.05) is 18.2 Å². The third-order valence-electron chi connectivity index (χ3n) is 2.36. The van der Waals surface area contributed by atoms with Gasteiger partial charge in [0.15, 0.2) is 5.69 Å². The highest BCUT2D eigenvalue weighted by atomic mass is 16.4. The van der Waals surface area contributed by atoms with Gasteiger partial charge in [0.1, 0.15) is 6.54 Å². The second-order valence-corrected chi connectivity index (χ2v) is 3.56. The van der Waals surface area contributed by atoms with E-state index in [1.54, 1.807) is 12.1 Å². The Morgan fingerprint density at radius 3 is 2.33 bits per heavy atom. The van der Waals surface area contributed by atoms with Crippen molar-refractivity contribution in [3.05, 3.63) is 40.3 Å². The van der Waals surface area contributed by atoms with Crippen molar-refractivity contribution in [2.24, 2.45) is 0 Å². The third-order valence-corrected chi connectivity index (χ3v) is 2.36. The molecule has 0 saturated heterocycles. The lowest BCUT2D eigenvalue weighted by Gasteiger charge is -2.06. The van der Waals surface area contributed by atoms with Crippen LogP contribution in [-0.2, 0) is 11.3 Å². The maximum absolute atomic E-state index is 11.9. The Morgan fingerprint density at radius 2 is 1.78 bits per heavy atom. The summed E-state index contributed by atoms with van der Waals surface area (Å²) in [6.07, 6.45) is 0. The molecule has 0 atom stereocenters. The number of aromatic nitrogens is 2. The molecule has 0 fully saturated rings. The molecule has 18 heavy (non-hydrogen) atoms. The highest BCUT2D eigenvalue weighted by Crippen LogP contribution is 2.12. The number of aromatic carboxylic acids is 1. The lowest BCUT2D eigenvalue weighted by atomic mass is 10.1. The van der Waals surface area contributed by atoms with Crippen molar-refractivity contribution in [2.75, 3.05) is 0 Å². The molecule has 0 aliphatic carbocycles. The Morgan fingerprint density at radius 1 is 1.17 bits per heavy atom. The zero-order chi connectivity index (χ0) is 13.3. The highest BCUT2D eigenvalue weighted by Gasteiger charge is 2.16. The van der Waals surface area contributed by atoms with Crippen LogP contribution in [0.5, 0.6) is 0 Å². The fourth-order valence-electron chi connectivity index (χ4n) is 1.63. The van der Waals surface area contributed by atoms with Crippen molar-refractivity contribution in [3.63, 3.8) is 0 Å². The molecule has 2 rings (SSSR count). The summed E-state index contributed by atoms with van der Waals surface area (Å²) in [4.78, 5) is 33.5. The number of aliphatic carboxylic acids is 1. The molecule has 7 nitrogen and oxygen atoms in total. The molecule has 2 aromatic rings. The predicted octanol–water partition coefficient (Wildman–Crippen LogP) is 0.179. The average Bonchev–Trinajstić information content (AvgIpc) is 2.32. The van der Waals surface area contributed by atoms with Crippen LogP contribution in [0.1, 0.15) is 10.5 Å². The van der Waals surface area contributed by atoms with Crippen LogP contribution in [0.3, 0.4) is 0 Å². The van der Waals surface area contributed by atoms with Crippen LogP contribution in [0.15, 0.2) is 29.1 Å². The Labute approximate surface area is 99.9 Å². The fraction of sp³-hybridized carbons (Fsp3) is 0.0909. The number of rotatable bonds is 3. The zero-order valence-electron chi connectivity index (χ0n) is 9.03. The van der Waals surface area contributed by atoms with Gasteiger partial charge in [-0.15, -0.1) is 0 Å². The number of nitrogens with zero attached hydrogens (tertiary/aromatic N) is 2. The first kappa shape index (κ1) is 11.8. The SMILES string of the molecule is O=C(O)Cn1nc(C(=O)O)c2ccccc2c1=O. The van der Waals surface area contributed by atoms with Crippen molar-refractivity contribution >= 4 is 22.7 Å². The summed E-state index contributed by atoms with van der Waals surface area (Å²) in [6.45, 7) is -0.677. The van der Waals surface area contributed by atoms with E-state index in [0.29, 0.717) is 4.68 Å². The highest BCUT2D eigenvalue weighted by molar-refractivity contribution is 6.01. The molecule has 0 radical (unpaired) electrons.